The Labute approximate surface area is 129 Å². The van der Waals surface area contributed by atoms with Crippen molar-refractivity contribution in [2.45, 2.75) is 32.7 Å². The summed E-state index contributed by atoms with van der Waals surface area (Å²) in [5, 5.41) is 3.55. The normalized spacial score (nSPS) is 12.2. The summed E-state index contributed by atoms with van der Waals surface area (Å²) in [6, 6.07) is 17.8. The van der Waals surface area contributed by atoms with E-state index in [0.29, 0.717) is 6.04 Å². The third kappa shape index (κ3) is 4.23. The molecule has 2 heteroatoms. The van der Waals surface area contributed by atoms with Crippen LogP contribution in [0, 0.1) is 3.57 Å². The van der Waals surface area contributed by atoms with E-state index in [9.17, 15) is 0 Å². The molecular weight excluding hydrogens is 345 g/mol. The highest BCUT2D eigenvalue weighted by atomic mass is 127. The lowest BCUT2D eigenvalue weighted by Gasteiger charge is -2.16. The van der Waals surface area contributed by atoms with Crippen molar-refractivity contribution in [1.82, 2.24) is 0 Å². The smallest absolute Gasteiger partial charge is 0.0485 e. The predicted octanol–water partition coefficient (Wildman–Crippen LogP) is 5.42. The van der Waals surface area contributed by atoms with E-state index in [4.69, 9.17) is 0 Å². The van der Waals surface area contributed by atoms with E-state index in [1.54, 1.807) is 0 Å². The largest absolute Gasteiger partial charge is 0.378 e. The van der Waals surface area contributed by atoms with E-state index in [1.165, 1.54) is 33.2 Å². The Morgan fingerprint density at radius 1 is 1.11 bits per heavy atom. The Morgan fingerprint density at radius 2 is 1.84 bits per heavy atom. The van der Waals surface area contributed by atoms with Crippen molar-refractivity contribution in [3.8, 4) is 0 Å². The third-order valence-corrected chi connectivity index (χ3v) is 3.90. The molecule has 1 atom stereocenters. The standard InChI is InChI=1S/C17H20IN/c1-3-5-14-8-10-15(11-9-14)13(2)19-17-7-4-6-16(18)12-17/h4,6-13,19H,3,5H2,1-2H3. The lowest BCUT2D eigenvalue weighted by atomic mass is 10.0. The minimum Gasteiger partial charge on any atom is -0.378 e. The summed E-state index contributed by atoms with van der Waals surface area (Å²) in [5.74, 6) is 0. The van der Waals surface area contributed by atoms with Crippen LogP contribution in [0.3, 0.4) is 0 Å². The van der Waals surface area contributed by atoms with E-state index in [1.807, 2.05) is 0 Å². The second-order valence-electron chi connectivity index (χ2n) is 4.87. The molecular formula is C17H20IN. The summed E-state index contributed by atoms with van der Waals surface area (Å²) >= 11 is 2.34. The van der Waals surface area contributed by atoms with Gasteiger partial charge in [0.2, 0.25) is 0 Å². The maximum Gasteiger partial charge on any atom is 0.0485 e. The highest BCUT2D eigenvalue weighted by molar-refractivity contribution is 14.1. The molecule has 1 N–H and O–H groups in total. The van der Waals surface area contributed by atoms with Gasteiger partial charge in [-0.25, -0.2) is 0 Å². The molecule has 0 fully saturated rings. The Hall–Kier alpha value is -1.03. The number of aryl methyl sites for hydroxylation is 1. The molecule has 1 unspecified atom stereocenters. The molecule has 0 aliphatic heterocycles. The van der Waals surface area contributed by atoms with Gasteiger partial charge >= 0.3 is 0 Å². The van der Waals surface area contributed by atoms with Crippen LogP contribution >= 0.6 is 22.6 Å². The molecule has 0 aliphatic carbocycles. The zero-order chi connectivity index (χ0) is 13.7. The quantitative estimate of drug-likeness (QED) is 0.698. The highest BCUT2D eigenvalue weighted by Gasteiger charge is 2.05. The number of benzene rings is 2. The van der Waals surface area contributed by atoms with Crippen LogP contribution in [0.25, 0.3) is 0 Å². The molecule has 1 nitrogen and oxygen atoms in total. The van der Waals surface area contributed by atoms with E-state index in [0.717, 1.165) is 0 Å². The molecule has 2 aromatic carbocycles. The zero-order valence-electron chi connectivity index (χ0n) is 11.5. The number of halogens is 1. The van der Waals surface area contributed by atoms with Crippen molar-refractivity contribution in [1.29, 1.82) is 0 Å². The van der Waals surface area contributed by atoms with Crippen LogP contribution in [0.4, 0.5) is 5.69 Å². The number of nitrogens with one attached hydrogen (secondary N) is 1. The van der Waals surface area contributed by atoms with Gasteiger partial charge in [-0.05, 0) is 65.3 Å². The number of hydrogen-bond acceptors (Lipinski definition) is 1. The fourth-order valence-electron chi connectivity index (χ4n) is 2.17. The molecule has 2 aromatic rings. The lowest BCUT2D eigenvalue weighted by molar-refractivity contribution is 0.876. The van der Waals surface area contributed by atoms with Crippen LogP contribution in [0.5, 0.6) is 0 Å². The number of rotatable bonds is 5. The van der Waals surface area contributed by atoms with Gasteiger partial charge in [-0.15, -0.1) is 0 Å². The molecule has 0 heterocycles. The van der Waals surface area contributed by atoms with E-state index in [2.05, 4.69) is 90.3 Å². The molecule has 0 aromatic heterocycles. The maximum atomic E-state index is 3.55. The second-order valence-corrected chi connectivity index (χ2v) is 6.11. The summed E-state index contributed by atoms with van der Waals surface area (Å²) in [4.78, 5) is 0. The molecule has 100 valence electrons. The van der Waals surface area contributed by atoms with Gasteiger partial charge in [-0.1, -0.05) is 43.7 Å². The van der Waals surface area contributed by atoms with Crippen molar-refractivity contribution < 1.29 is 0 Å². The van der Waals surface area contributed by atoms with Gasteiger partial charge in [0.15, 0.2) is 0 Å². The van der Waals surface area contributed by atoms with Crippen LogP contribution in [0.1, 0.15) is 37.4 Å². The van der Waals surface area contributed by atoms with Crippen LogP contribution in [0.15, 0.2) is 48.5 Å². The first-order valence-corrected chi connectivity index (χ1v) is 7.88. The van der Waals surface area contributed by atoms with Gasteiger partial charge in [-0.2, -0.15) is 0 Å². The van der Waals surface area contributed by atoms with Gasteiger partial charge in [0.05, 0.1) is 0 Å². The molecule has 0 bridgehead atoms. The summed E-state index contributed by atoms with van der Waals surface area (Å²) in [7, 11) is 0. The topological polar surface area (TPSA) is 12.0 Å². The van der Waals surface area contributed by atoms with Crippen molar-refractivity contribution >= 4 is 28.3 Å². The van der Waals surface area contributed by atoms with Crippen LogP contribution in [-0.4, -0.2) is 0 Å². The number of anilines is 1. The van der Waals surface area contributed by atoms with Crippen LogP contribution in [0.2, 0.25) is 0 Å². The third-order valence-electron chi connectivity index (χ3n) is 3.23. The molecule has 19 heavy (non-hydrogen) atoms. The molecule has 0 spiro atoms. The molecule has 2 rings (SSSR count). The van der Waals surface area contributed by atoms with E-state index in [-0.39, 0.29) is 0 Å². The summed E-state index contributed by atoms with van der Waals surface area (Å²) in [6.07, 6.45) is 2.37. The lowest BCUT2D eigenvalue weighted by Crippen LogP contribution is -2.06. The van der Waals surface area contributed by atoms with Gasteiger partial charge in [0.25, 0.3) is 0 Å². The van der Waals surface area contributed by atoms with Crippen LogP contribution < -0.4 is 5.32 Å². The average Bonchev–Trinajstić information content (AvgIpc) is 2.40. The van der Waals surface area contributed by atoms with Crippen molar-refractivity contribution in [2.75, 3.05) is 5.32 Å². The molecule has 0 saturated heterocycles. The molecule has 0 saturated carbocycles. The summed E-state index contributed by atoms with van der Waals surface area (Å²) in [5.41, 5.74) is 3.93. The van der Waals surface area contributed by atoms with Gasteiger partial charge in [0.1, 0.15) is 0 Å². The first-order valence-electron chi connectivity index (χ1n) is 6.80. The zero-order valence-corrected chi connectivity index (χ0v) is 13.6. The Kier molecular flexibility index (Phi) is 5.25. The summed E-state index contributed by atoms with van der Waals surface area (Å²) in [6.45, 7) is 4.42. The van der Waals surface area contributed by atoms with Gasteiger partial charge in [-0.3, -0.25) is 0 Å². The Balaban J connectivity index is 2.05. The molecule has 0 aliphatic rings. The number of hydrogen-bond donors (Lipinski definition) is 1. The van der Waals surface area contributed by atoms with Crippen molar-refractivity contribution in [3.05, 3.63) is 63.2 Å². The monoisotopic (exact) mass is 365 g/mol. The predicted molar refractivity (Wildman–Crippen MR) is 91.6 cm³/mol. The van der Waals surface area contributed by atoms with E-state index < -0.39 is 0 Å². The van der Waals surface area contributed by atoms with Crippen LogP contribution in [-0.2, 0) is 6.42 Å². The SMILES string of the molecule is CCCc1ccc(C(C)Nc2cccc(I)c2)cc1. The fraction of sp³-hybridized carbons (Fsp3) is 0.294. The first kappa shape index (κ1) is 14.4. The second kappa shape index (κ2) is 6.94. The fourth-order valence-corrected chi connectivity index (χ4v) is 2.72. The van der Waals surface area contributed by atoms with Crippen molar-refractivity contribution in [3.63, 3.8) is 0 Å². The van der Waals surface area contributed by atoms with Crippen molar-refractivity contribution in [2.24, 2.45) is 0 Å². The highest BCUT2D eigenvalue weighted by Crippen LogP contribution is 2.21. The average molecular weight is 365 g/mol. The summed E-state index contributed by atoms with van der Waals surface area (Å²) < 4.78 is 1.26. The van der Waals surface area contributed by atoms with E-state index >= 15 is 0 Å². The first-order chi connectivity index (χ1) is 9.19. The molecule has 0 radical (unpaired) electrons. The molecule has 0 amide bonds. The maximum absolute atomic E-state index is 3.55. The Bertz CT molecular complexity index is 519. The minimum absolute atomic E-state index is 0.328. The Morgan fingerprint density at radius 3 is 2.47 bits per heavy atom. The van der Waals surface area contributed by atoms with Gasteiger partial charge in [0, 0.05) is 15.3 Å². The van der Waals surface area contributed by atoms with Gasteiger partial charge < -0.3 is 5.32 Å². The minimum atomic E-state index is 0.328.